The molecule has 6 nitrogen and oxygen atoms in total. The van der Waals surface area contributed by atoms with Gasteiger partial charge >= 0.3 is 0 Å². The van der Waals surface area contributed by atoms with Gasteiger partial charge in [0.25, 0.3) is 5.91 Å². The number of hydrogen-bond donors (Lipinski definition) is 2. The number of carbonyl (C=O) groups excluding carboxylic acids is 1. The molecule has 3 rings (SSSR count). The van der Waals surface area contributed by atoms with Gasteiger partial charge in [-0.25, -0.2) is 14.4 Å². The number of carbonyl (C=O) groups is 1. The van der Waals surface area contributed by atoms with Gasteiger partial charge in [0.15, 0.2) is 0 Å². The number of nitrogens with zero attached hydrogens (tertiary/aromatic N) is 2. The molecule has 0 atom stereocenters. The van der Waals surface area contributed by atoms with E-state index in [1.165, 1.54) is 24.5 Å². The van der Waals surface area contributed by atoms with Crippen molar-refractivity contribution in [2.24, 2.45) is 0 Å². The zero-order valence-electron chi connectivity index (χ0n) is 14.1. The zero-order chi connectivity index (χ0) is 18.4. The van der Waals surface area contributed by atoms with Crippen LogP contribution in [0.5, 0.6) is 5.75 Å². The van der Waals surface area contributed by atoms with Crippen molar-refractivity contribution in [1.82, 2.24) is 15.3 Å². The molecular formula is C19H17FN4O2. The quantitative estimate of drug-likeness (QED) is 0.712. The summed E-state index contributed by atoms with van der Waals surface area (Å²) in [6.45, 7) is 0.387. The molecule has 3 aromatic rings. The Morgan fingerprint density at radius 1 is 1.04 bits per heavy atom. The van der Waals surface area contributed by atoms with Crippen molar-refractivity contribution in [2.75, 3.05) is 12.4 Å². The summed E-state index contributed by atoms with van der Waals surface area (Å²) in [5, 5.41) is 5.74. The van der Waals surface area contributed by atoms with E-state index in [4.69, 9.17) is 4.74 Å². The molecule has 1 aromatic heterocycles. The summed E-state index contributed by atoms with van der Waals surface area (Å²) in [4.78, 5) is 20.4. The van der Waals surface area contributed by atoms with Crippen LogP contribution in [0.3, 0.4) is 0 Å². The largest absolute Gasteiger partial charge is 0.497 e. The highest BCUT2D eigenvalue weighted by Crippen LogP contribution is 2.13. The van der Waals surface area contributed by atoms with E-state index in [2.05, 4.69) is 20.6 Å². The fraction of sp³-hybridized carbons (Fsp3) is 0.105. The van der Waals surface area contributed by atoms with Crippen molar-refractivity contribution in [3.8, 4) is 5.75 Å². The van der Waals surface area contributed by atoms with Crippen molar-refractivity contribution in [3.63, 3.8) is 0 Å². The van der Waals surface area contributed by atoms with Gasteiger partial charge in [0.1, 0.15) is 11.6 Å². The average Bonchev–Trinajstić information content (AvgIpc) is 2.69. The van der Waals surface area contributed by atoms with E-state index in [9.17, 15) is 9.18 Å². The van der Waals surface area contributed by atoms with Crippen molar-refractivity contribution in [1.29, 1.82) is 0 Å². The van der Waals surface area contributed by atoms with Gasteiger partial charge in [0.2, 0.25) is 5.95 Å². The second-order valence-electron chi connectivity index (χ2n) is 5.46. The Morgan fingerprint density at radius 3 is 2.31 bits per heavy atom. The molecule has 0 bridgehead atoms. The van der Waals surface area contributed by atoms with Gasteiger partial charge in [-0.2, -0.15) is 0 Å². The molecule has 0 aliphatic carbocycles. The van der Waals surface area contributed by atoms with E-state index < -0.39 is 0 Å². The lowest BCUT2D eigenvalue weighted by Crippen LogP contribution is -2.23. The number of nitrogens with one attached hydrogen (secondary N) is 2. The molecule has 0 saturated heterocycles. The first-order valence-corrected chi connectivity index (χ1v) is 7.90. The normalized spacial score (nSPS) is 10.2. The lowest BCUT2D eigenvalue weighted by Gasteiger charge is -2.07. The molecule has 0 spiro atoms. The molecule has 0 aliphatic heterocycles. The average molecular weight is 352 g/mol. The van der Waals surface area contributed by atoms with Crippen molar-refractivity contribution in [2.45, 2.75) is 6.54 Å². The Morgan fingerprint density at radius 2 is 1.69 bits per heavy atom. The lowest BCUT2D eigenvalue weighted by atomic mass is 10.2. The van der Waals surface area contributed by atoms with Gasteiger partial charge in [-0.1, -0.05) is 12.1 Å². The standard InChI is InChI=1S/C19H17FN4O2/c1-26-17-8-2-13(3-9-17)10-21-18(25)14-11-22-19(23-12-14)24-16-6-4-15(20)5-7-16/h2-9,11-12H,10H2,1H3,(H,21,25)(H,22,23,24). The van der Waals surface area contributed by atoms with Crippen LogP contribution >= 0.6 is 0 Å². The highest BCUT2D eigenvalue weighted by molar-refractivity contribution is 5.93. The van der Waals surface area contributed by atoms with Crippen LogP contribution < -0.4 is 15.4 Å². The summed E-state index contributed by atoms with van der Waals surface area (Å²) in [6, 6.07) is 13.3. The van der Waals surface area contributed by atoms with E-state index in [0.717, 1.165) is 11.3 Å². The van der Waals surface area contributed by atoms with Crippen LogP contribution in [0.25, 0.3) is 0 Å². The number of ether oxygens (including phenoxy) is 1. The molecule has 0 unspecified atom stereocenters. The smallest absolute Gasteiger partial charge is 0.254 e. The van der Waals surface area contributed by atoms with Crippen LogP contribution in [0.2, 0.25) is 0 Å². The number of halogens is 1. The molecule has 2 N–H and O–H groups in total. The minimum atomic E-state index is -0.319. The lowest BCUT2D eigenvalue weighted by molar-refractivity contribution is 0.0950. The first-order chi connectivity index (χ1) is 12.6. The van der Waals surface area contributed by atoms with Gasteiger partial charge in [0.05, 0.1) is 12.7 Å². The minimum Gasteiger partial charge on any atom is -0.497 e. The van der Waals surface area contributed by atoms with Crippen LogP contribution in [-0.4, -0.2) is 23.0 Å². The molecule has 0 saturated carbocycles. The maximum absolute atomic E-state index is 12.9. The number of anilines is 2. The Kier molecular flexibility index (Phi) is 5.38. The van der Waals surface area contributed by atoms with Crippen molar-refractivity contribution >= 4 is 17.5 Å². The SMILES string of the molecule is COc1ccc(CNC(=O)c2cnc(Nc3ccc(F)cc3)nc2)cc1. The van der Waals surface area contributed by atoms with Gasteiger partial charge in [0, 0.05) is 24.6 Å². The van der Waals surface area contributed by atoms with E-state index >= 15 is 0 Å². The second-order valence-corrected chi connectivity index (χ2v) is 5.46. The highest BCUT2D eigenvalue weighted by atomic mass is 19.1. The number of aromatic nitrogens is 2. The summed E-state index contributed by atoms with van der Waals surface area (Å²) in [6.07, 6.45) is 2.87. The van der Waals surface area contributed by atoms with Crippen LogP contribution in [0.4, 0.5) is 16.0 Å². The second kappa shape index (κ2) is 8.06. The molecule has 2 aromatic carbocycles. The maximum atomic E-state index is 12.9. The third-order valence-corrected chi connectivity index (χ3v) is 3.63. The fourth-order valence-corrected chi connectivity index (χ4v) is 2.20. The Hall–Kier alpha value is -3.48. The molecule has 7 heteroatoms. The van der Waals surface area contributed by atoms with Crippen LogP contribution in [-0.2, 0) is 6.54 Å². The Balaban J connectivity index is 1.56. The predicted octanol–water partition coefficient (Wildman–Crippen LogP) is 3.30. The number of methoxy groups -OCH3 is 1. The summed E-state index contributed by atoms with van der Waals surface area (Å²) >= 11 is 0. The molecule has 0 fully saturated rings. The molecule has 1 amide bonds. The van der Waals surface area contributed by atoms with Crippen LogP contribution in [0.15, 0.2) is 60.9 Å². The fourth-order valence-electron chi connectivity index (χ4n) is 2.20. The predicted molar refractivity (Wildman–Crippen MR) is 95.9 cm³/mol. The molecular weight excluding hydrogens is 335 g/mol. The summed E-state index contributed by atoms with van der Waals surface area (Å²) in [5.74, 6) is 0.496. The molecule has 132 valence electrons. The van der Waals surface area contributed by atoms with Crippen molar-refractivity contribution < 1.29 is 13.9 Å². The zero-order valence-corrected chi connectivity index (χ0v) is 14.1. The number of rotatable bonds is 6. The van der Waals surface area contributed by atoms with Gasteiger partial charge in [-0.05, 0) is 42.0 Å². The summed E-state index contributed by atoms with van der Waals surface area (Å²) < 4.78 is 18.0. The minimum absolute atomic E-state index is 0.269. The number of amides is 1. The first kappa shape index (κ1) is 17.3. The number of benzene rings is 2. The summed E-state index contributed by atoms with van der Waals surface area (Å²) in [7, 11) is 1.60. The monoisotopic (exact) mass is 352 g/mol. The van der Waals surface area contributed by atoms with Gasteiger partial charge < -0.3 is 15.4 Å². The molecule has 26 heavy (non-hydrogen) atoms. The molecule has 0 aliphatic rings. The number of hydrogen-bond acceptors (Lipinski definition) is 5. The van der Waals surface area contributed by atoms with E-state index in [1.807, 2.05) is 24.3 Å². The van der Waals surface area contributed by atoms with E-state index in [0.29, 0.717) is 23.7 Å². The van der Waals surface area contributed by atoms with Gasteiger partial charge in [-0.15, -0.1) is 0 Å². The maximum Gasteiger partial charge on any atom is 0.254 e. The summed E-state index contributed by atoms with van der Waals surface area (Å²) in [5.41, 5.74) is 1.96. The molecule has 1 heterocycles. The van der Waals surface area contributed by atoms with E-state index in [-0.39, 0.29) is 11.7 Å². The topological polar surface area (TPSA) is 76.1 Å². The molecule has 0 radical (unpaired) electrons. The Bertz CT molecular complexity index is 866. The Labute approximate surface area is 150 Å². The van der Waals surface area contributed by atoms with Crippen LogP contribution in [0.1, 0.15) is 15.9 Å². The van der Waals surface area contributed by atoms with E-state index in [1.54, 1.807) is 19.2 Å². The third-order valence-electron chi connectivity index (χ3n) is 3.63. The van der Waals surface area contributed by atoms with Gasteiger partial charge in [-0.3, -0.25) is 4.79 Å². The van der Waals surface area contributed by atoms with Crippen LogP contribution in [0, 0.1) is 5.82 Å². The third kappa shape index (κ3) is 4.54. The first-order valence-electron chi connectivity index (χ1n) is 7.90. The highest BCUT2D eigenvalue weighted by Gasteiger charge is 2.07. The van der Waals surface area contributed by atoms with Crippen molar-refractivity contribution in [3.05, 3.63) is 77.9 Å².